The van der Waals surface area contributed by atoms with Crippen LogP contribution in [0.5, 0.6) is 0 Å². The number of carbonyl (C=O) groups excluding carboxylic acids is 2. The predicted octanol–water partition coefficient (Wildman–Crippen LogP) is 3.68. The molecule has 1 saturated heterocycles. The number of nitrogens with one attached hydrogen (secondary N) is 2. The van der Waals surface area contributed by atoms with E-state index in [0.29, 0.717) is 11.3 Å². The lowest BCUT2D eigenvalue weighted by molar-refractivity contribution is -0.123. The van der Waals surface area contributed by atoms with Gasteiger partial charge in [-0.1, -0.05) is 26.8 Å². The van der Waals surface area contributed by atoms with Crippen LogP contribution in [0, 0.1) is 5.41 Å². The van der Waals surface area contributed by atoms with Crippen LogP contribution >= 0.6 is 0 Å². The minimum absolute atomic E-state index is 0.0884. The molecular formula is C23H30N4O2. The standard InChI is InChI=1S/C23H30N4O2/c1-23(2,3)22(29)25-19-7-5-6-17(16-19)21(28)24-18-8-10-20(11-9-18)27-14-12-26(4)13-15-27/h5-11,16H,12-15H2,1-4H3,(H,24,28)(H,25,29). The molecule has 2 aromatic carbocycles. The maximum absolute atomic E-state index is 12.6. The van der Waals surface area contributed by atoms with Gasteiger partial charge < -0.3 is 20.4 Å². The van der Waals surface area contributed by atoms with Crippen LogP contribution in [0.25, 0.3) is 0 Å². The highest BCUT2D eigenvalue weighted by Crippen LogP contribution is 2.21. The largest absolute Gasteiger partial charge is 0.369 e. The third-order valence-electron chi connectivity index (χ3n) is 5.06. The number of rotatable bonds is 4. The summed E-state index contributed by atoms with van der Waals surface area (Å²) in [5, 5.41) is 5.79. The molecule has 6 nitrogen and oxygen atoms in total. The number of likely N-dealkylation sites (N-methyl/N-ethyl adjacent to an activating group) is 1. The fourth-order valence-electron chi connectivity index (χ4n) is 3.08. The summed E-state index contributed by atoms with van der Waals surface area (Å²) in [5.74, 6) is -0.293. The Bertz CT molecular complexity index is 863. The Morgan fingerprint density at radius 3 is 2.14 bits per heavy atom. The molecule has 1 aliphatic rings. The molecule has 0 radical (unpaired) electrons. The first-order valence-electron chi connectivity index (χ1n) is 9.99. The van der Waals surface area contributed by atoms with Crippen molar-refractivity contribution in [3.05, 3.63) is 54.1 Å². The molecule has 1 aliphatic heterocycles. The maximum Gasteiger partial charge on any atom is 0.255 e. The average molecular weight is 395 g/mol. The molecule has 6 heteroatoms. The molecule has 1 fully saturated rings. The summed E-state index contributed by atoms with van der Waals surface area (Å²) in [6.07, 6.45) is 0. The lowest BCUT2D eigenvalue weighted by atomic mass is 9.95. The van der Waals surface area contributed by atoms with Gasteiger partial charge in [-0.05, 0) is 49.5 Å². The Kier molecular flexibility index (Phi) is 6.23. The van der Waals surface area contributed by atoms with Crippen LogP contribution in [0.4, 0.5) is 17.1 Å². The number of hydrogen-bond acceptors (Lipinski definition) is 4. The Hall–Kier alpha value is -2.86. The fraction of sp³-hybridized carbons (Fsp3) is 0.391. The van der Waals surface area contributed by atoms with Gasteiger partial charge >= 0.3 is 0 Å². The molecule has 0 unspecified atom stereocenters. The normalized spacial score (nSPS) is 15.1. The van der Waals surface area contributed by atoms with E-state index < -0.39 is 5.41 Å². The van der Waals surface area contributed by atoms with Gasteiger partial charge in [0.05, 0.1) is 0 Å². The quantitative estimate of drug-likeness (QED) is 0.830. The zero-order valence-corrected chi connectivity index (χ0v) is 17.7. The number of carbonyl (C=O) groups is 2. The van der Waals surface area contributed by atoms with E-state index in [1.807, 2.05) is 45.0 Å². The Morgan fingerprint density at radius 2 is 1.52 bits per heavy atom. The molecule has 0 aliphatic carbocycles. The predicted molar refractivity (Wildman–Crippen MR) is 119 cm³/mol. The minimum atomic E-state index is -0.496. The highest BCUT2D eigenvalue weighted by Gasteiger charge is 2.21. The van der Waals surface area contributed by atoms with Crippen molar-refractivity contribution in [2.75, 3.05) is 48.8 Å². The zero-order chi connectivity index (χ0) is 21.0. The minimum Gasteiger partial charge on any atom is -0.369 e. The van der Waals surface area contributed by atoms with Crippen molar-refractivity contribution in [1.29, 1.82) is 0 Å². The van der Waals surface area contributed by atoms with Crippen LogP contribution in [0.15, 0.2) is 48.5 Å². The van der Waals surface area contributed by atoms with E-state index in [2.05, 4.69) is 27.5 Å². The first-order chi connectivity index (χ1) is 13.7. The third-order valence-corrected chi connectivity index (χ3v) is 5.06. The van der Waals surface area contributed by atoms with Gasteiger partial charge in [-0.15, -0.1) is 0 Å². The Morgan fingerprint density at radius 1 is 0.862 bits per heavy atom. The third kappa shape index (κ3) is 5.57. The van der Waals surface area contributed by atoms with E-state index >= 15 is 0 Å². The molecule has 2 aromatic rings. The molecule has 2 N–H and O–H groups in total. The van der Waals surface area contributed by atoms with Gasteiger partial charge in [-0.2, -0.15) is 0 Å². The topological polar surface area (TPSA) is 64.7 Å². The average Bonchev–Trinajstić information content (AvgIpc) is 2.69. The van der Waals surface area contributed by atoms with Crippen molar-refractivity contribution >= 4 is 28.9 Å². The van der Waals surface area contributed by atoms with Crippen molar-refractivity contribution in [2.24, 2.45) is 5.41 Å². The monoisotopic (exact) mass is 394 g/mol. The van der Waals surface area contributed by atoms with Crippen molar-refractivity contribution in [3.63, 3.8) is 0 Å². The molecule has 1 heterocycles. The summed E-state index contributed by atoms with van der Waals surface area (Å²) in [7, 11) is 2.14. The van der Waals surface area contributed by atoms with Crippen LogP contribution in [0.1, 0.15) is 31.1 Å². The fourth-order valence-corrected chi connectivity index (χ4v) is 3.08. The smallest absolute Gasteiger partial charge is 0.255 e. The summed E-state index contributed by atoms with van der Waals surface area (Å²) in [4.78, 5) is 29.5. The lowest BCUT2D eigenvalue weighted by Gasteiger charge is -2.34. The molecule has 0 saturated carbocycles. The number of benzene rings is 2. The summed E-state index contributed by atoms with van der Waals surface area (Å²) >= 11 is 0. The Labute approximate surface area is 172 Å². The van der Waals surface area contributed by atoms with Gasteiger partial charge in [-0.25, -0.2) is 0 Å². The van der Waals surface area contributed by atoms with E-state index in [4.69, 9.17) is 0 Å². The van der Waals surface area contributed by atoms with Gasteiger partial charge in [0.25, 0.3) is 5.91 Å². The van der Waals surface area contributed by atoms with Crippen LogP contribution in [-0.2, 0) is 4.79 Å². The second-order valence-corrected chi connectivity index (χ2v) is 8.58. The summed E-state index contributed by atoms with van der Waals surface area (Å²) < 4.78 is 0. The number of piperazine rings is 1. The second kappa shape index (κ2) is 8.66. The number of hydrogen-bond donors (Lipinski definition) is 2. The van der Waals surface area contributed by atoms with E-state index in [1.54, 1.807) is 24.3 Å². The van der Waals surface area contributed by atoms with Gasteiger partial charge in [-0.3, -0.25) is 9.59 Å². The Balaban J connectivity index is 1.63. The number of anilines is 3. The molecule has 2 amide bonds. The van der Waals surface area contributed by atoms with E-state index in [-0.39, 0.29) is 11.8 Å². The zero-order valence-electron chi connectivity index (χ0n) is 17.7. The van der Waals surface area contributed by atoms with E-state index in [1.165, 1.54) is 5.69 Å². The molecule has 0 spiro atoms. The van der Waals surface area contributed by atoms with Crippen molar-refractivity contribution in [3.8, 4) is 0 Å². The van der Waals surface area contributed by atoms with Gasteiger partial charge in [0.1, 0.15) is 0 Å². The number of amides is 2. The molecule has 3 rings (SSSR count). The second-order valence-electron chi connectivity index (χ2n) is 8.58. The molecule has 0 aromatic heterocycles. The summed E-state index contributed by atoms with van der Waals surface area (Å²) in [6, 6.07) is 14.9. The van der Waals surface area contributed by atoms with Crippen LogP contribution in [-0.4, -0.2) is 49.9 Å². The van der Waals surface area contributed by atoms with Crippen LogP contribution in [0.2, 0.25) is 0 Å². The van der Waals surface area contributed by atoms with Crippen molar-refractivity contribution in [2.45, 2.75) is 20.8 Å². The van der Waals surface area contributed by atoms with Crippen LogP contribution in [0.3, 0.4) is 0 Å². The number of nitrogens with zero attached hydrogens (tertiary/aromatic N) is 2. The summed E-state index contributed by atoms with van der Waals surface area (Å²) in [5.41, 5.74) is 2.53. The highest BCUT2D eigenvalue weighted by molar-refractivity contribution is 6.05. The first-order valence-corrected chi connectivity index (χ1v) is 9.99. The summed E-state index contributed by atoms with van der Waals surface area (Å²) in [6.45, 7) is 9.69. The first kappa shape index (κ1) is 20.9. The molecule has 29 heavy (non-hydrogen) atoms. The maximum atomic E-state index is 12.6. The molecule has 154 valence electrons. The lowest BCUT2D eigenvalue weighted by Crippen LogP contribution is -2.44. The van der Waals surface area contributed by atoms with E-state index in [0.717, 1.165) is 31.9 Å². The molecule has 0 atom stereocenters. The molecular weight excluding hydrogens is 364 g/mol. The highest BCUT2D eigenvalue weighted by atomic mass is 16.2. The van der Waals surface area contributed by atoms with E-state index in [9.17, 15) is 9.59 Å². The van der Waals surface area contributed by atoms with Crippen molar-refractivity contribution in [1.82, 2.24) is 4.90 Å². The SMILES string of the molecule is CN1CCN(c2ccc(NC(=O)c3cccc(NC(=O)C(C)(C)C)c3)cc2)CC1. The van der Waals surface area contributed by atoms with Gasteiger partial charge in [0.2, 0.25) is 5.91 Å². The van der Waals surface area contributed by atoms with Gasteiger partial charge in [0, 0.05) is 54.2 Å². The van der Waals surface area contributed by atoms with Crippen LogP contribution < -0.4 is 15.5 Å². The molecule has 0 bridgehead atoms. The van der Waals surface area contributed by atoms with Crippen molar-refractivity contribution < 1.29 is 9.59 Å². The van der Waals surface area contributed by atoms with Gasteiger partial charge in [0.15, 0.2) is 0 Å².